The molecule has 0 radical (unpaired) electrons. The summed E-state index contributed by atoms with van der Waals surface area (Å²) in [7, 11) is -1.74. The molecule has 0 N–H and O–H groups in total. The summed E-state index contributed by atoms with van der Waals surface area (Å²) in [5.41, 5.74) is 0. The summed E-state index contributed by atoms with van der Waals surface area (Å²) in [4.78, 5) is 0. The molecule has 0 aliphatic carbocycles. The van der Waals surface area contributed by atoms with Crippen LogP contribution in [0.2, 0.25) is 0 Å². The van der Waals surface area contributed by atoms with Crippen molar-refractivity contribution >= 4 is 18.4 Å². The summed E-state index contributed by atoms with van der Waals surface area (Å²) in [6, 6.07) is 14.9. The fraction of sp³-hybridized carbons (Fsp3) is 0.250. The molecule has 4 heteroatoms. The molecule has 0 aliphatic heterocycles. The van der Waals surface area contributed by atoms with Crippen molar-refractivity contribution in [2.45, 2.75) is 13.8 Å². The van der Waals surface area contributed by atoms with E-state index in [0.29, 0.717) is 35.3 Å². The van der Waals surface area contributed by atoms with Crippen molar-refractivity contribution in [1.29, 1.82) is 0 Å². The van der Waals surface area contributed by atoms with Crippen molar-refractivity contribution in [3.8, 4) is 11.5 Å². The van der Waals surface area contributed by atoms with E-state index >= 15 is 0 Å². The molecule has 0 atom stereocenters. The van der Waals surface area contributed by atoms with Gasteiger partial charge in [0.1, 0.15) is 0 Å². The smallest absolute Gasteiger partial charge is 0.423 e. The van der Waals surface area contributed by atoms with Crippen molar-refractivity contribution in [3.63, 3.8) is 0 Å². The number of benzene rings is 2. The number of ether oxygens (including phenoxy) is 2. The Morgan fingerprint density at radius 3 is 1.60 bits per heavy atom. The molecule has 0 spiro atoms. The maximum Gasteiger partial charge on any atom is 0.423 e. The van der Waals surface area contributed by atoms with Gasteiger partial charge in [-0.25, -0.2) is 0 Å². The lowest BCUT2D eigenvalue weighted by Crippen LogP contribution is -2.13. The van der Waals surface area contributed by atoms with E-state index in [1.165, 1.54) is 0 Å². The third-order valence-electron chi connectivity index (χ3n) is 2.77. The topological polar surface area (TPSA) is 35.5 Å². The van der Waals surface area contributed by atoms with E-state index in [4.69, 9.17) is 9.47 Å². The average Bonchev–Trinajstić information content (AvgIpc) is 2.48. The Morgan fingerprint density at radius 1 is 0.800 bits per heavy atom. The molecule has 0 aromatic heterocycles. The largest absolute Gasteiger partial charge is 0.489 e. The highest BCUT2D eigenvalue weighted by molar-refractivity contribution is 7.62. The summed E-state index contributed by atoms with van der Waals surface area (Å²) >= 11 is 0. The Morgan fingerprint density at radius 2 is 1.20 bits per heavy atom. The molecule has 3 nitrogen and oxygen atoms in total. The molecule has 0 heterocycles. The molecule has 20 heavy (non-hydrogen) atoms. The molecule has 2 aromatic rings. The van der Waals surface area contributed by atoms with Gasteiger partial charge in [-0.15, -0.1) is 0 Å². The first kappa shape index (κ1) is 14.5. The summed E-state index contributed by atoms with van der Waals surface area (Å²) in [5.74, 6) is 1.34. The first-order chi connectivity index (χ1) is 9.77. The summed E-state index contributed by atoms with van der Waals surface area (Å²) in [6.45, 7) is 4.93. The van der Waals surface area contributed by atoms with Gasteiger partial charge < -0.3 is 9.47 Å². The second kappa shape index (κ2) is 7.06. The van der Waals surface area contributed by atoms with Gasteiger partial charge in [0.25, 0.3) is 0 Å². The minimum absolute atomic E-state index is 0.549. The van der Waals surface area contributed by atoms with Crippen LogP contribution in [0.15, 0.2) is 48.5 Å². The first-order valence-electron chi connectivity index (χ1n) is 6.68. The van der Waals surface area contributed by atoms with E-state index in [-0.39, 0.29) is 0 Å². The summed E-state index contributed by atoms with van der Waals surface area (Å²) in [5, 5.41) is 1.41. The molecule has 0 amide bonds. The minimum atomic E-state index is -1.74. The molecule has 0 bridgehead atoms. The fourth-order valence-corrected chi connectivity index (χ4v) is 3.32. The van der Waals surface area contributed by atoms with Crippen LogP contribution in [0.4, 0.5) is 0 Å². The summed E-state index contributed by atoms with van der Waals surface area (Å²) in [6.07, 6.45) is 0. The van der Waals surface area contributed by atoms with E-state index in [9.17, 15) is 4.57 Å². The third kappa shape index (κ3) is 3.17. The lowest BCUT2D eigenvalue weighted by molar-refractivity contribution is 0.342. The van der Waals surface area contributed by atoms with Crippen LogP contribution in [0.3, 0.4) is 0 Å². The van der Waals surface area contributed by atoms with Gasteiger partial charge in [-0.1, -0.05) is 28.8 Å². The highest BCUT2D eigenvalue weighted by Crippen LogP contribution is 2.29. The zero-order chi connectivity index (χ0) is 14.4. The van der Waals surface area contributed by atoms with Crippen LogP contribution in [0.5, 0.6) is 11.5 Å². The lowest BCUT2D eigenvalue weighted by Gasteiger charge is -2.05. The Kier molecular flexibility index (Phi) is 5.14. The zero-order valence-corrected chi connectivity index (χ0v) is 12.6. The fourth-order valence-electron chi connectivity index (χ4n) is 1.93. The van der Waals surface area contributed by atoms with E-state index in [2.05, 4.69) is 0 Å². The number of hydrogen-bond acceptors (Lipinski definition) is 3. The second-order valence-corrected chi connectivity index (χ2v) is 5.65. The highest BCUT2D eigenvalue weighted by atomic mass is 31.1. The van der Waals surface area contributed by atoms with Crippen LogP contribution in [0.25, 0.3) is 0 Å². The number of hydrogen-bond donors (Lipinski definition) is 0. The standard InChI is InChI=1S/C16H18O3P/c1-3-18-13-9-5-7-11-15(13)20(17)16-12-8-6-10-14(16)19-4-2/h5-12H,3-4H2,1-2H3/q+1. The van der Waals surface area contributed by atoms with Gasteiger partial charge in [0, 0.05) is 0 Å². The lowest BCUT2D eigenvalue weighted by atomic mass is 10.3. The Balaban J connectivity index is 2.41. The maximum atomic E-state index is 12.8. The monoisotopic (exact) mass is 289 g/mol. The molecular formula is C16H18O3P+. The van der Waals surface area contributed by atoms with Gasteiger partial charge in [-0.05, 0) is 38.1 Å². The van der Waals surface area contributed by atoms with Crippen molar-refractivity contribution in [2.75, 3.05) is 13.2 Å². The van der Waals surface area contributed by atoms with E-state index in [1.54, 1.807) is 0 Å². The molecule has 0 fully saturated rings. The van der Waals surface area contributed by atoms with Crippen molar-refractivity contribution in [2.24, 2.45) is 0 Å². The van der Waals surface area contributed by atoms with Crippen LogP contribution >= 0.6 is 7.80 Å². The Bertz CT molecular complexity index is 544. The normalized spacial score (nSPS) is 10.1. The quantitative estimate of drug-likeness (QED) is 0.766. The molecule has 0 saturated carbocycles. The van der Waals surface area contributed by atoms with E-state index in [0.717, 1.165) is 0 Å². The van der Waals surface area contributed by atoms with Crippen LogP contribution < -0.4 is 20.1 Å². The Hall–Kier alpha value is -1.86. The Labute approximate surface area is 120 Å². The molecule has 0 saturated heterocycles. The minimum Gasteiger partial charge on any atom is -0.489 e. The van der Waals surface area contributed by atoms with Crippen molar-refractivity contribution in [1.82, 2.24) is 0 Å². The van der Waals surface area contributed by atoms with E-state index < -0.39 is 7.80 Å². The van der Waals surface area contributed by atoms with Crippen LogP contribution in [0, 0.1) is 0 Å². The second-order valence-electron chi connectivity index (χ2n) is 4.10. The molecule has 0 aliphatic rings. The molecule has 104 valence electrons. The van der Waals surface area contributed by atoms with Gasteiger partial charge in [-0.3, -0.25) is 0 Å². The van der Waals surface area contributed by atoms with Gasteiger partial charge >= 0.3 is 7.80 Å². The predicted molar refractivity (Wildman–Crippen MR) is 82.1 cm³/mol. The van der Waals surface area contributed by atoms with E-state index in [1.807, 2.05) is 62.4 Å². The molecular weight excluding hydrogens is 271 g/mol. The van der Waals surface area contributed by atoms with Crippen LogP contribution in [-0.2, 0) is 4.57 Å². The van der Waals surface area contributed by atoms with Gasteiger partial charge in [0.2, 0.25) is 10.6 Å². The molecule has 2 rings (SSSR count). The van der Waals surface area contributed by atoms with Crippen molar-refractivity contribution < 1.29 is 14.0 Å². The average molecular weight is 289 g/mol. The molecule has 2 aromatic carbocycles. The zero-order valence-electron chi connectivity index (χ0n) is 11.7. The molecule has 0 unspecified atom stereocenters. The van der Waals surface area contributed by atoms with Gasteiger partial charge in [-0.2, -0.15) is 0 Å². The van der Waals surface area contributed by atoms with Crippen LogP contribution in [-0.4, -0.2) is 13.2 Å². The van der Waals surface area contributed by atoms with Gasteiger partial charge in [0.05, 0.1) is 13.2 Å². The first-order valence-corrected chi connectivity index (χ1v) is 7.94. The third-order valence-corrected chi connectivity index (χ3v) is 4.38. The highest BCUT2D eigenvalue weighted by Gasteiger charge is 2.31. The SMILES string of the molecule is CCOc1ccccc1[P+](=O)c1ccccc1OCC. The number of para-hydroxylation sites is 2. The number of rotatable bonds is 6. The van der Waals surface area contributed by atoms with Gasteiger partial charge in [0.15, 0.2) is 11.5 Å². The predicted octanol–water partition coefficient (Wildman–Crippen LogP) is 3.26. The maximum absolute atomic E-state index is 12.8. The summed E-state index contributed by atoms with van der Waals surface area (Å²) < 4.78 is 23.9. The van der Waals surface area contributed by atoms with Crippen molar-refractivity contribution in [3.05, 3.63) is 48.5 Å². The van der Waals surface area contributed by atoms with Crippen LogP contribution in [0.1, 0.15) is 13.8 Å².